The lowest BCUT2D eigenvalue weighted by atomic mass is 10.1. The van der Waals surface area contributed by atoms with E-state index in [2.05, 4.69) is 42.3 Å². The van der Waals surface area contributed by atoms with Crippen LogP contribution >= 0.6 is 25.8 Å². The van der Waals surface area contributed by atoms with Gasteiger partial charge < -0.3 is 30.4 Å². The van der Waals surface area contributed by atoms with E-state index < -0.39 is 75.2 Å². The number of hydrogen-bond acceptors (Lipinski definition) is 16. The Morgan fingerprint density at radius 1 is 1.11 bits per heavy atom. The molecule has 0 saturated carbocycles. The highest BCUT2D eigenvalue weighted by atomic mass is 32.7. The molecule has 0 radical (unpaired) electrons. The van der Waals surface area contributed by atoms with Crippen LogP contribution in [-0.4, -0.2) is 87.8 Å². The largest absolute Gasteiger partial charge is 0.386 e. The van der Waals surface area contributed by atoms with Crippen molar-refractivity contribution in [3.8, 4) is 0 Å². The number of hydrogen-bond donors (Lipinski definition) is 5. The Hall–Kier alpha value is -2.62. The van der Waals surface area contributed by atoms with Crippen LogP contribution in [-0.2, 0) is 43.9 Å². The minimum atomic E-state index is -4.21. The van der Waals surface area contributed by atoms with Crippen molar-refractivity contribution < 1.29 is 41.4 Å². The molecule has 4 aromatic heterocycles. The number of nitrogens with two attached hydrogens (primary N) is 2. The highest BCUT2D eigenvalue weighted by Gasteiger charge is 2.52. The van der Waals surface area contributed by atoms with Gasteiger partial charge in [-0.05, 0) is 11.8 Å². The van der Waals surface area contributed by atoms with E-state index in [1.807, 2.05) is 0 Å². The lowest BCUT2D eigenvalue weighted by Gasteiger charge is -2.27. The lowest BCUT2D eigenvalue weighted by molar-refractivity contribution is -0.0539. The predicted molar refractivity (Wildman–Crippen MR) is 154 cm³/mol. The third-order valence-electron chi connectivity index (χ3n) is 7.20. The van der Waals surface area contributed by atoms with Crippen LogP contribution in [0.5, 0.6) is 0 Å². The highest BCUT2D eigenvalue weighted by Crippen LogP contribution is 2.58. The molecule has 2 bridgehead atoms. The first-order chi connectivity index (χ1) is 20.9. The number of aromatic amines is 1. The van der Waals surface area contributed by atoms with Gasteiger partial charge in [0.2, 0.25) is 5.95 Å². The van der Waals surface area contributed by atoms with Crippen molar-refractivity contribution in [1.82, 2.24) is 39.1 Å². The Labute approximate surface area is 255 Å². The Morgan fingerprint density at radius 3 is 2.73 bits per heavy atom. The molecule has 0 spiro atoms. The van der Waals surface area contributed by atoms with E-state index in [9.17, 15) is 14.3 Å². The van der Waals surface area contributed by atoms with E-state index in [0.717, 1.165) is 6.33 Å². The van der Waals surface area contributed by atoms with Gasteiger partial charge in [-0.1, -0.05) is 12.2 Å². The molecule has 6 N–H and O–H groups in total. The number of nitrogens with one attached hydrogen (secondary N) is 1. The maximum atomic E-state index is 15.8. The molecule has 0 aromatic carbocycles. The van der Waals surface area contributed by atoms with Crippen LogP contribution < -0.4 is 17.0 Å². The maximum Gasteiger partial charge on any atom is 0.386 e. The second kappa shape index (κ2) is 11.0. The van der Waals surface area contributed by atoms with Crippen LogP contribution in [0.2, 0.25) is 0 Å². The summed E-state index contributed by atoms with van der Waals surface area (Å²) in [6.07, 6.45) is -5.06. The Bertz CT molecular complexity index is 1910. The van der Waals surface area contributed by atoms with Gasteiger partial charge in [0.15, 0.2) is 35.0 Å². The molecule has 0 amide bonds. The number of ether oxygens (including phenoxy) is 2. The molecule has 2 unspecified atom stereocenters. The van der Waals surface area contributed by atoms with E-state index in [4.69, 9.17) is 50.8 Å². The van der Waals surface area contributed by atoms with Crippen LogP contribution in [0.25, 0.3) is 16.8 Å². The van der Waals surface area contributed by atoms with Crippen LogP contribution in [0.3, 0.4) is 0 Å². The van der Waals surface area contributed by atoms with Crippen molar-refractivity contribution in [2.75, 3.05) is 24.7 Å². The minimum Gasteiger partial charge on any atom is -0.381 e. The molecule has 24 heteroatoms. The summed E-state index contributed by atoms with van der Waals surface area (Å²) in [5.41, 5.74) is 11.5. The van der Waals surface area contributed by atoms with Crippen molar-refractivity contribution >= 4 is 66.1 Å². The van der Waals surface area contributed by atoms with Gasteiger partial charge >= 0.3 is 13.5 Å². The smallest absolute Gasteiger partial charge is 0.381 e. The number of halogens is 1. The summed E-state index contributed by atoms with van der Waals surface area (Å²) in [7, 11) is 0. The average molecular weight is 693 g/mol. The SMILES string of the molecule is Nc1nc2c(ncn2[C@@H]2O[C@@H]3COP(=O)(S)O[C@H]4C[C@H](c5cnc6c(N)ncnn56)O[C@@H]4COP(O)(=S)O[C@@H]2[C@@H]3F)c(=O)[nH]1. The number of alkyl halides is 1. The van der Waals surface area contributed by atoms with Crippen LogP contribution in [0.4, 0.5) is 16.2 Å². The standard InChI is InChI=1S/C20H23FN10O9P2S2/c21-12-11-4-36-41(33,43)39-9-1-8(7-2-24-17-15(22)25-5-27-31(7)17)37-10(9)3-35-42(34,44)40-14(12)19(38-11)30-6-26-13-16(30)28-20(23)29-18(13)32/h2,5-6,8-12,14,19H,1,3-4H2,(H,33,43)(H,34,44)(H2,22,25,27)(H3,23,28,29,32)/t8-,9+,10-,11-,12-,14-,19-,41?,42?/m1/s1. The van der Waals surface area contributed by atoms with Gasteiger partial charge in [0, 0.05) is 6.42 Å². The van der Waals surface area contributed by atoms with Gasteiger partial charge in [0.25, 0.3) is 5.56 Å². The number of aromatic nitrogens is 8. The van der Waals surface area contributed by atoms with Gasteiger partial charge in [-0.2, -0.15) is 10.1 Å². The fourth-order valence-electron chi connectivity index (χ4n) is 5.25. The summed E-state index contributed by atoms with van der Waals surface area (Å²) in [5.74, 6) is -0.0830. The Kier molecular flexibility index (Phi) is 7.53. The molecule has 0 aliphatic carbocycles. The molecule has 9 atom stereocenters. The predicted octanol–water partition coefficient (Wildman–Crippen LogP) is 0.559. The second-order valence-corrected chi connectivity index (χ2v) is 15.7. The normalized spacial score (nSPS) is 36.6. The number of rotatable bonds is 2. The van der Waals surface area contributed by atoms with Crippen molar-refractivity contribution in [3.05, 3.63) is 34.9 Å². The van der Waals surface area contributed by atoms with Gasteiger partial charge in [-0.3, -0.25) is 27.9 Å². The first kappa shape index (κ1) is 30.1. The zero-order valence-electron chi connectivity index (χ0n) is 22.0. The first-order valence-electron chi connectivity index (χ1n) is 12.8. The van der Waals surface area contributed by atoms with Crippen molar-refractivity contribution in [2.45, 2.75) is 49.3 Å². The third kappa shape index (κ3) is 5.43. The molecule has 3 fully saturated rings. The second-order valence-electron chi connectivity index (χ2n) is 9.99. The number of nitrogen functional groups attached to an aromatic ring is 2. The zero-order valence-corrected chi connectivity index (χ0v) is 25.5. The number of fused-ring (bicyclic) bond motifs is 5. The fraction of sp³-hybridized carbons (Fsp3) is 0.500. The van der Waals surface area contributed by atoms with Crippen LogP contribution in [0.15, 0.2) is 23.6 Å². The maximum absolute atomic E-state index is 15.8. The monoisotopic (exact) mass is 692 g/mol. The third-order valence-corrected chi connectivity index (χ3v) is 10.4. The molecular formula is C20H23FN10O9P2S2. The van der Waals surface area contributed by atoms with E-state index in [0.29, 0.717) is 11.3 Å². The number of anilines is 2. The Morgan fingerprint density at radius 2 is 1.91 bits per heavy atom. The summed E-state index contributed by atoms with van der Waals surface area (Å²) in [4.78, 5) is 41.8. The molecule has 3 aliphatic rings. The van der Waals surface area contributed by atoms with Crippen molar-refractivity contribution in [1.29, 1.82) is 0 Å². The molecule has 3 aliphatic heterocycles. The summed E-state index contributed by atoms with van der Waals surface area (Å²) in [6.45, 7) is -9.42. The van der Waals surface area contributed by atoms with Gasteiger partial charge in [0.05, 0.1) is 37.5 Å². The van der Waals surface area contributed by atoms with Crippen molar-refractivity contribution in [2.24, 2.45) is 0 Å². The summed E-state index contributed by atoms with van der Waals surface area (Å²) in [5, 5.41) is 4.16. The topological polar surface area (TPSA) is 251 Å². The van der Waals surface area contributed by atoms with Crippen molar-refractivity contribution in [3.63, 3.8) is 0 Å². The number of thiol groups is 1. The van der Waals surface area contributed by atoms with E-state index in [-0.39, 0.29) is 29.4 Å². The molecule has 7 heterocycles. The quantitative estimate of drug-likeness (QED) is 0.142. The molecule has 236 valence electrons. The van der Waals surface area contributed by atoms with Gasteiger partial charge in [0.1, 0.15) is 30.7 Å². The Balaban J connectivity index is 1.19. The average Bonchev–Trinajstić information content (AvgIpc) is 3.72. The molecule has 44 heavy (non-hydrogen) atoms. The first-order valence-corrected chi connectivity index (χ1v) is 18.1. The molecule has 19 nitrogen and oxygen atoms in total. The molecule has 7 rings (SSSR count). The van der Waals surface area contributed by atoms with Crippen LogP contribution in [0, 0.1) is 0 Å². The minimum absolute atomic E-state index is 0.0530. The molecular weight excluding hydrogens is 669 g/mol. The van der Waals surface area contributed by atoms with Gasteiger partial charge in [-0.15, -0.1) is 0 Å². The summed E-state index contributed by atoms with van der Waals surface area (Å²) < 4.78 is 66.2. The van der Waals surface area contributed by atoms with E-state index in [1.165, 1.54) is 21.6 Å². The molecule has 4 aromatic rings. The van der Waals surface area contributed by atoms with Crippen LogP contribution in [0.1, 0.15) is 24.4 Å². The van der Waals surface area contributed by atoms with E-state index in [1.54, 1.807) is 0 Å². The highest BCUT2D eigenvalue weighted by molar-refractivity contribution is 8.44. The number of imidazole rings is 2. The van der Waals surface area contributed by atoms with E-state index >= 15 is 4.39 Å². The lowest BCUT2D eigenvalue weighted by Crippen LogP contribution is -2.32. The molecule has 3 saturated heterocycles. The number of nitrogens with zero attached hydrogens (tertiary/aromatic N) is 7. The fourth-order valence-corrected chi connectivity index (χ4v) is 8.18. The van der Waals surface area contributed by atoms with Gasteiger partial charge in [-0.25, -0.2) is 28.4 Å². The zero-order chi connectivity index (χ0) is 31.0. The number of H-pyrrole nitrogens is 1. The summed E-state index contributed by atoms with van der Waals surface area (Å²) >= 11 is 9.31. The summed E-state index contributed by atoms with van der Waals surface area (Å²) in [6, 6.07) is 0.